The summed E-state index contributed by atoms with van der Waals surface area (Å²) in [7, 11) is -4.07. The van der Waals surface area contributed by atoms with Gasteiger partial charge in [0.05, 0.1) is 9.80 Å². The first kappa shape index (κ1) is 32.6. The van der Waals surface area contributed by atoms with Gasteiger partial charge in [-0.15, -0.1) is 10.5 Å². The van der Waals surface area contributed by atoms with Crippen LogP contribution in [0.5, 0.6) is 0 Å². The zero-order chi connectivity index (χ0) is 36.8. The minimum atomic E-state index is -3.74. The molecule has 0 saturated heterocycles. The van der Waals surface area contributed by atoms with E-state index < -0.39 is 9.84 Å². The average molecular weight is 725 g/mol. The molecule has 0 amide bonds. The molecule has 6 aromatic rings. The quantitative estimate of drug-likeness (QED) is 0.167. The molecule has 0 fully saturated rings. The first-order valence-electron chi connectivity index (χ1n) is 18.3. The van der Waals surface area contributed by atoms with Crippen LogP contribution in [0, 0.1) is 0 Å². The van der Waals surface area contributed by atoms with E-state index in [0.717, 1.165) is 43.8 Å². The van der Waals surface area contributed by atoms with E-state index >= 15 is 0 Å². The van der Waals surface area contributed by atoms with Crippen LogP contribution in [0.2, 0.25) is 0 Å². The molecule has 4 heteroatoms. The summed E-state index contributed by atoms with van der Waals surface area (Å²) in [5.41, 5.74) is 13.1. The van der Waals surface area contributed by atoms with Crippen molar-refractivity contribution in [2.45, 2.75) is 62.2 Å². The number of rotatable bonds is 2. The molecule has 260 valence electrons. The number of allylic oxidation sites excluding steroid dienone is 2. The number of fused-ring (bicyclic) bond motifs is 9. The molecule has 0 spiro atoms. The summed E-state index contributed by atoms with van der Waals surface area (Å²) >= 11 is 0. The lowest BCUT2D eigenvalue weighted by Crippen LogP contribution is -2.15. The number of benzene rings is 6. The maximum absolute atomic E-state index is 14.5. The van der Waals surface area contributed by atoms with E-state index in [1.807, 2.05) is 18.2 Å². The molecule has 0 N–H and O–H groups in total. The Bertz CT molecular complexity index is 3000. The summed E-state index contributed by atoms with van der Waals surface area (Å²) in [5.74, 6) is 4.78. The average Bonchev–Trinajstić information content (AvgIpc) is 3.80. The molecule has 2 nitrogen and oxygen atoms in total. The molecule has 2 aliphatic heterocycles. The van der Waals surface area contributed by atoms with Gasteiger partial charge >= 0.3 is 0 Å². The van der Waals surface area contributed by atoms with Crippen LogP contribution in [0.4, 0.5) is 0 Å². The normalized spacial score (nSPS) is 18.0. The lowest BCUT2D eigenvalue weighted by Gasteiger charge is -2.20. The second kappa shape index (κ2) is 10.8. The molecule has 2 heterocycles. The van der Waals surface area contributed by atoms with Crippen molar-refractivity contribution in [2.75, 3.05) is 0 Å². The Kier molecular flexibility index (Phi) is 6.63. The maximum atomic E-state index is 14.5. The first-order chi connectivity index (χ1) is 25.2. The summed E-state index contributed by atoms with van der Waals surface area (Å²) < 4.78 is 28.9. The molecule has 10 rings (SSSR count). The van der Waals surface area contributed by atoms with Gasteiger partial charge in [0, 0.05) is 37.7 Å². The van der Waals surface area contributed by atoms with Crippen molar-refractivity contribution in [3.05, 3.63) is 186 Å². The van der Waals surface area contributed by atoms with Crippen molar-refractivity contribution in [3.8, 4) is 0 Å². The molecule has 2 aliphatic carbocycles. The van der Waals surface area contributed by atoms with Crippen molar-refractivity contribution in [1.82, 2.24) is 0 Å². The van der Waals surface area contributed by atoms with E-state index in [0.29, 0.717) is 9.80 Å². The Morgan fingerprint density at radius 3 is 1.58 bits per heavy atom. The van der Waals surface area contributed by atoms with Gasteiger partial charge in [-0.1, -0.05) is 132 Å². The van der Waals surface area contributed by atoms with E-state index in [1.54, 1.807) is 6.07 Å². The largest absolute Gasteiger partial charge is 0.218 e. The minimum Gasteiger partial charge on any atom is -0.218 e. The zero-order valence-electron chi connectivity index (χ0n) is 30.9. The smallest absolute Gasteiger partial charge is 0.208 e. The van der Waals surface area contributed by atoms with Crippen molar-refractivity contribution >= 4 is 59.3 Å². The van der Waals surface area contributed by atoms with Crippen molar-refractivity contribution < 1.29 is 8.42 Å². The van der Waals surface area contributed by atoms with Crippen LogP contribution in [0.25, 0.3) is 33.1 Å². The Balaban J connectivity index is 1.28. The number of sulfone groups is 1. The molecule has 0 bridgehead atoms. The number of hydrogen-bond donors (Lipinski definition) is 0. The summed E-state index contributed by atoms with van der Waals surface area (Å²) in [6, 6.07) is 43.0. The molecular formula is C49H40O2S2. The van der Waals surface area contributed by atoms with Crippen LogP contribution in [0.1, 0.15) is 86.1 Å². The third-order valence-corrected chi connectivity index (χ3v) is 15.2. The fourth-order valence-corrected chi connectivity index (χ4v) is 12.6. The lowest BCUT2D eigenvalue weighted by molar-refractivity contribution is 0.590. The van der Waals surface area contributed by atoms with Gasteiger partial charge in [-0.3, -0.25) is 0 Å². The third-order valence-electron chi connectivity index (χ3n) is 11.6. The van der Waals surface area contributed by atoms with Crippen LogP contribution < -0.4 is 10.4 Å². The zero-order valence-corrected chi connectivity index (χ0v) is 32.5. The monoisotopic (exact) mass is 724 g/mol. The third kappa shape index (κ3) is 4.52. The SMILES string of the molecule is C=S1C2=C(c3ccccc31)c1cc3cc4c(cc3cc1=C2c1ccc(C(C)(C)C)cc1)C1=C(C=4c2ccc(C(C)(C)C)cc2)S(=O)(=O)c2ccccc21. The molecular weight excluding hydrogens is 685 g/mol. The van der Waals surface area contributed by atoms with Gasteiger partial charge in [0.1, 0.15) is 0 Å². The Morgan fingerprint density at radius 1 is 0.509 bits per heavy atom. The topological polar surface area (TPSA) is 34.1 Å². The second-order valence-electron chi connectivity index (χ2n) is 16.8. The highest BCUT2D eigenvalue weighted by Crippen LogP contribution is 2.57. The fourth-order valence-electron chi connectivity index (χ4n) is 8.83. The van der Waals surface area contributed by atoms with Crippen LogP contribution in [-0.2, 0) is 20.7 Å². The Morgan fingerprint density at radius 2 is 1.00 bits per heavy atom. The van der Waals surface area contributed by atoms with Gasteiger partial charge in [-0.05, 0) is 107 Å². The van der Waals surface area contributed by atoms with Crippen molar-refractivity contribution in [2.24, 2.45) is 0 Å². The summed E-state index contributed by atoms with van der Waals surface area (Å²) in [6.07, 6.45) is 0. The van der Waals surface area contributed by atoms with Gasteiger partial charge in [-0.2, -0.15) is 0 Å². The fraction of sp³-hybridized carbons (Fsp3) is 0.163. The first-order valence-corrected chi connectivity index (χ1v) is 21.2. The van der Waals surface area contributed by atoms with Crippen LogP contribution in [0.15, 0.2) is 141 Å². The highest BCUT2D eigenvalue weighted by molar-refractivity contribution is 8.18. The molecule has 1 unspecified atom stereocenters. The predicted molar refractivity (Wildman–Crippen MR) is 224 cm³/mol. The molecule has 0 aromatic heterocycles. The molecule has 1 atom stereocenters. The van der Waals surface area contributed by atoms with E-state index in [-0.39, 0.29) is 21.3 Å². The summed E-state index contributed by atoms with van der Waals surface area (Å²) in [6.45, 7) is 13.4. The Hall–Kier alpha value is -5.03. The summed E-state index contributed by atoms with van der Waals surface area (Å²) in [4.78, 5) is 3.44. The molecule has 4 aliphatic rings. The molecule has 0 saturated carbocycles. The van der Waals surface area contributed by atoms with Crippen LogP contribution in [0.3, 0.4) is 0 Å². The van der Waals surface area contributed by atoms with Crippen LogP contribution in [-0.4, -0.2) is 14.3 Å². The highest BCUT2D eigenvalue weighted by atomic mass is 32.2. The van der Waals surface area contributed by atoms with Gasteiger partial charge in [0.25, 0.3) is 0 Å². The van der Waals surface area contributed by atoms with E-state index in [9.17, 15) is 8.42 Å². The highest BCUT2D eigenvalue weighted by Gasteiger charge is 2.42. The van der Waals surface area contributed by atoms with Crippen molar-refractivity contribution in [1.29, 1.82) is 0 Å². The second-order valence-corrected chi connectivity index (χ2v) is 20.3. The standard InChI is InChI=1S/C49H40O2S2/c1-48(2,3)32-20-16-28(17-21-32)42-36-24-30-27-39-37(25-31(30)26-38(36)44-34-12-8-10-14-40(34)52(7)46(42)44)43(29-18-22-33(23-19-29)49(4,5)6)47-45(39)35-13-9-11-15-41(35)53(47,50)51/h8-27H,7H2,1-6H3. The van der Waals surface area contributed by atoms with E-state index in [1.165, 1.54) is 54.0 Å². The van der Waals surface area contributed by atoms with E-state index in [4.69, 9.17) is 5.87 Å². The molecule has 6 aromatic carbocycles. The van der Waals surface area contributed by atoms with Gasteiger partial charge in [0.15, 0.2) is 0 Å². The maximum Gasteiger partial charge on any atom is 0.208 e. The van der Waals surface area contributed by atoms with Gasteiger partial charge in [-0.25, -0.2) is 8.42 Å². The van der Waals surface area contributed by atoms with Gasteiger partial charge < -0.3 is 0 Å². The van der Waals surface area contributed by atoms with Gasteiger partial charge in [0.2, 0.25) is 9.84 Å². The number of hydrogen-bond acceptors (Lipinski definition) is 2. The predicted octanol–water partition coefficient (Wildman–Crippen LogP) is 10.2. The lowest BCUT2D eigenvalue weighted by atomic mass is 9.86. The van der Waals surface area contributed by atoms with Crippen LogP contribution >= 0.6 is 10.5 Å². The van der Waals surface area contributed by atoms with Crippen molar-refractivity contribution in [3.63, 3.8) is 0 Å². The minimum absolute atomic E-state index is 0.0159. The molecule has 0 radical (unpaired) electrons. The summed E-state index contributed by atoms with van der Waals surface area (Å²) in [5, 5.41) is 4.39. The van der Waals surface area contributed by atoms with E-state index in [2.05, 4.69) is 139 Å². The Labute approximate surface area is 314 Å². The molecule has 53 heavy (non-hydrogen) atoms.